The van der Waals surface area contributed by atoms with Gasteiger partial charge in [-0.3, -0.25) is 4.98 Å². The molecule has 0 fully saturated rings. The van der Waals surface area contributed by atoms with Gasteiger partial charge in [0.2, 0.25) is 0 Å². The molecule has 0 aliphatic carbocycles. The van der Waals surface area contributed by atoms with Crippen LogP contribution in [0.15, 0.2) is 108 Å². The van der Waals surface area contributed by atoms with Crippen molar-refractivity contribution in [1.82, 2.24) is 41.7 Å². The van der Waals surface area contributed by atoms with Gasteiger partial charge in [-0.25, -0.2) is 47.9 Å². The number of carboxylic acids is 5. The Kier molecular flexibility index (Phi) is 38.1. The van der Waals surface area contributed by atoms with Crippen molar-refractivity contribution in [2.24, 2.45) is 0 Å². The van der Waals surface area contributed by atoms with E-state index in [4.69, 9.17) is 108 Å². The number of carbonyl (C=O) groups is 10. The highest BCUT2D eigenvalue weighted by Gasteiger charge is 2.30. The third-order valence-corrected chi connectivity index (χ3v) is 13.0. The minimum atomic E-state index is -1.31. The van der Waals surface area contributed by atoms with Crippen molar-refractivity contribution in [3.05, 3.63) is 114 Å². The lowest BCUT2D eigenvalue weighted by atomic mass is 10.2. The number of nitrogen functional groups attached to an aromatic ring is 5. The number of alkyl carbamates (subject to hydrolysis) is 5. The molecule has 0 saturated heterocycles. The van der Waals surface area contributed by atoms with E-state index in [0.717, 1.165) is 0 Å². The van der Waals surface area contributed by atoms with Gasteiger partial charge in [0.25, 0.3) is 5.89 Å². The molecule has 0 spiro atoms. The number of hydrogen-bond donors (Lipinski definition) is 16. The molecule has 0 bridgehead atoms. The van der Waals surface area contributed by atoms with Crippen molar-refractivity contribution in [3.8, 4) is 34.5 Å². The van der Waals surface area contributed by atoms with Crippen LogP contribution in [0.2, 0.25) is 5.02 Å². The van der Waals surface area contributed by atoms with Crippen LogP contribution in [-0.4, -0.2) is 192 Å². The zero-order valence-electron chi connectivity index (χ0n) is 65.5. The van der Waals surface area contributed by atoms with Crippen LogP contribution in [0.4, 0.5) is 58.1 Å². The van der Waals surface area contributed by atoms with E-state index in [2.05, 4.69) is 47.0 Å². The fraction of sp³-hybridized carbons (Fsp3) is 0.438. The summed E-state index contributed by atoms with van der Waals surface area (Å²) in [6, 6.07) is 18.6. The Labute approximate surface area is 656 Å². The molecule has 21 N–H and O–H groups in total. The summed E-state index contributed by atoms with van der Waals surface area (Å²) in [6.07, 6.45) is -1.16. The second-order valence-corrected chi connectivity index (χ2v) is 29.2. The Hall–Kier alpha value is -12.8. The lowest BCUT2D eigenvalue weighted by molar-refractivity contribution is -0.141. The van der Waals surface area contributed by atoms with Gasteiger partial charge < -0.3 is 133 Å². The summed E-state index contributed by atoms with van der Waals surface area (Å²) in [5.74, 6) is -3.98. The average molecular weight is 1610 g/mol. The maximum atomic E-state index is 11.8. The Bertz CT molecular complexity index is 4040. The highest BCUT2D eigenvalue weighted by molar-refractivity contribution is 6.30. The van der Waals surface area contributed by atoms with Crippen LogP contribution in [0.25, 0.3) is 11.5 Å². The number of pyridine rings is 1. The molecule has 5 atom stereocenters. The number of nitrogens with zero attached hydrogens (tertiary/aromatic N) is 3. The van der Waals surface area contributed by atoms with E-state index >= 15 is 0 Å². The van der Waals surface area contributed by atoms with Gasteiger partial charge >= 0.3 is 60.3 Å². The summed E-state index contributed by atoms with van der Waals surface area (Å²) < 4.78 is 51.6. The van der Waals surface area contributed by atoms with E-state index in [1.165, 1.54) is 30.6 Å². The number of aryl methyl sites for hydroxylation is 1. The Morgan fingerprint density at radius 1 is 0.434 bits per heavy atom. The molecule has 6 aromatic rings. The SMILES string of the molecule is CC(C)(C)OC(=O)N[C@@H](CCOc1ccccc1N)C(=O)O.CC(C)(C)OC(=O)N[C@@H](CNc1ccccc1N)C(=O)O.CC(C)(C)OC(=O)N[C@@H](COc1ccc(Cl)cc1N)C(=O)O.CC(C)(C)OC(=O)N[C@@H](COc1ccncc1N)C(=O)O.Cc1noc(-c2ccc(OC[C@H](NC(=O)OC(C)(C)C)C(=O)O)c(N)c2)n1. The number of aliphatic carboxylic acids is 5. The van der Waals surface area contributed by atoms with Crippen molar-refractivity contribution < 1.29 is 121 Å². The first kappa shape index (κ1) is 96.2. The summed E-state index contributed by atoms with van der Waals surface area (Å²) in [4.78, 5) is 122. The molecule has 2 aromatic heterocycles. The number of nitrogens with one attached hydrogen (secondary N) is 6. The largest absolute Gasteiger partial charge is 0.491 e. The van der Waals surface area contributed by atoms with Crippen LogP contribution in [0, 0.1) is 6.92 Å². The number of amides is 5. The number of hydrogen-bond acceptors (Lipinski definition) is 29. The molecule has 0 saturated carbocycles. The van der Waals surface area contributed by atoms with Crippen molar-refractivity contribution in [1.29, 1.82) is 0 Å². The van der Waals surface area contributed by atoms with Gasteiger partial charge in [0.1, 0.15) is 82.9 Å². The van der Waals surface area contributed by atoms with Gasteiger partial charge in [-0.05, 0) is 171 Å². The van der Waals surface area contributed by atoms with Crippen LogP contribution in [0.3, 0.4) is 0 Å². The fourth-order valence-corrected chi connectivity index (χ4v) is 8.10. The normalized spacial score (nSPS) is 12.3. The summed E-state index contributed by atoms with van der Waals surface area (Å²) in [5, 5.41) is 64.0. The topological polar surface area (TPSA) is 609 Å². The Morgan fingerprint density at radius 2 is 0.796 bits per heavy atom. The number of carbonyl (C=O) groups excluding carboxylic acids is 5. The van der Waals surface area contributed by atoms with E-state index in [-0.39, 0.29) is 68.0 Å². The van der Waals surface area contributed by atoms with Crippen molar-refractivity contribution in [3.63, 3.8) is 0 Å². The molecule has 5 amide bonds. The average Bonchev–Trinajstić information content (AvgIpc) is 1.80. The molecule has 0 aliphatic heterocycles. The van der Waals surface area contributed by atoms with E-state index in [0.29, 0.717) is 50.9 Å². The number of aromatic nitrogens is 3. The van der Waals surface area contributed by atoms with Crippen LogP contribution < -0.4 is 79.5 Å². The molecule has 4 aromatic carbocycles. The number of nitrogens with two attached hydrogens (primary N) is 5. The van der Waals surface area contributed by atoms with Crippen LogP contribution >= 0.6 is 11.6 Å². The standard InChI is InChI=1S/C17H22N4O6.C15H22N2O5.C14H19ClN2O5.C14H21N3O4.C13H19N3O5/c1-9-19-14(27-21-9)10-5-6-13(11(18)7-10)25-8-12(15(22)23)20-16(24)26-17(2,3)4;1-15(2,3)22-14(20)17-11(13(18)19)8-9-21-12-7-5-4-6-10(12)16;1-14(2,3)22-13(20)17-10(12(18)19)7-21-11-5-4-8(15)6-9(11)16;1-14(2,3)21-13(20)17-11(12(18)19)8-16-10-7-5-4-6-9(10)15;1-13(2,3)21-12(19)16-9(11(17)18)7-20-10-4-5-15-6-8(10)14/h5-7,12H,8,18H2,1-4H3,(H,20,24)(H,22,23);4-7,11H,8-9,16H2,1-3H3,(H,17,20)(H,18,19);4-6,10H,7,16H2,1-3H3,(H,17,20)(H,18,19);4-7,11,16H,8,15H2,1-3H3,(H,17,20)(H,18,19);4-6,9H,7,14H2,1-3H3,(H,16,19)(H,17,18)/t12-;11-;10-;11-;9-/m00000/s1. The number of halogens is 1. The maximum Gasteiger partial charge on any atom is 0.408 e. The third-order valence-electron chi connectivity index (χ3n) is 12.8. The molecular formula is C73H103ClN14O25. The van der Waals surface area contributed by atoms with Crippen LogP contribution in [-0.2, 0) is 47.7 Å². The predicted octanol–water partition coefficient (Wildman–Crippen LogP) is 8.96. The van der Waals surface area contributed by atoms with Gasteiger partial charge in [-0.1, -0.05) is 41.0 Å². The number of benzene rings is 4. The first-order valence-electron chi connectivity index (χ1n) is 34.2. The lowest BCUT2D eigenvalue weighted by Gasteiger charge is -2.22. The highest BCUT2D eigenvalue weighted by atomic mass is 35.5. The molecule has 39 nitrogen and oxygen atoms in total. The zero-order valence-corrected chi connectivity index (χ0v) is 66.2. The molecule has 113 heavy (non-hydrogen) atoms. The zero-order chi connectivity index (χ0) is 85.9. The smallest absolute Gasteiger partial charge is 0.408 e. The molecule has 0 unspecified atom stereocenters. The van der Waals surface area contributed by atoms with Crippen LogP contribution in [0.5, 0.6) is 23.0 Å². The first-order chi connectivity index (χ1) is 52.2. The number of para-hydroxylation sites is 4. The van der Waals surface area contributed by atoms with Crippen molar-refractivity contribution >= 4 is 106 Å². The number of carboxylic acid groups (broad SMARTS) is 5. The number of rotatable bonds is 27. The first-order valence-corrected chi connectivity index (χ1v) is 34.6. The van der Waals surface area contributed by atoms with E-state index in [1.807, 2.05) is 0 Å². The summed E-state index contributed by atoms with van der Waals surface area (Å²) in [7, 11) is 0. The molecule has 0 radical (unpaired) electrons. The summed E-state index contributed by atoms with van der Waals surface area (Å²) in [5.41, 5.74) is 28.1. The van der Waals surface area contributed by atoms with E-state index in [1.54, 1.807) is 184 Å². The van der Waals surface area contributed by atoms with Crippen molar-refractivity contribution in [2.75, 3.05) is 67.0 Å². The molecule has 40 heteroatoms. The monoisotopic (exact) mass is 1610 g/mol. The fourth-order valence-electron chi connectivity index (χ4n) is 7.92. The molecule has 6 rings (SSSR count). The predicted molar refractivity (Wildman–Crippen MR) is 414 cm³/mol. The third kappa shape index (κ3) is 41.5. The van der Waals surface area contributed by atoms with Gasteiger partial charge in [0, 0.05) is 35.8 Å². The maximum absolute atomic E-state index is 11.8. The van der Waals surface area contributed by atoms with Gasteiger partial charge in [0.15, 0.2) is 23.9 Å². The number of ether oxygens (including phenoxy) is 9. The molecular weight excluding hydrogens is 1510 g/mol. The Balaban J connectivity index is 0.000000481. The molecule has 2 heterocycles. The van der Waals surface area contributed by atoms with Gasteiger partial charge in [-0.2, -0.15) is 4.98 Å². The van der Waals surface area contributed by atoms with Crippen LogP contribution in [0.1, 0.15) is 116 Å². The minimum Gasteiger partial charge on any atom is -0.491 e. The second-order valence-electron chi connectivity index (χ2n) is 28.8. The highest BCUT2D eigenvalue weighted by Crippen LogP contribution is 2.29. The minimum absolute atomic E-state index is 0.0111. The molecule has 0 aliphatic rings. The second kappa shape index (κ2) is 44.7. The van der Waals surface area contributed by atoms with E-state index < -0.39 is 119 Å². The van der Waals surface area contributed by atoms with Crippen molar-refractivity contribution in [2.45, 2.75) is 175 Å². The van der Waals surface area contributed by atoms with Gasteiger partial charge in [-0.15, -0.1) is 0 Å². The number of anilines is 6. The van der Waals surface area contributed by atoms with E-state index in [9.17, 15) is 53.1 Å². The van der Waals surface area contributed by atoms with Gasteiger partial charge in [0.05, 0.1) is 46.9 Å². The Morgan fingerprint density at radius 3 is 1.16 bits per heavy atom. The quantitative estimate of drug-likeness (QED) is 0.0169. The lowest BCUT2D eigenvalue weighted by Crippen LogP contribution is -2.47. The molecule has 622 valence electrons. The summed E-state index contributed by atoms with van der Waals surface area (Å²) >= 11 is 5.76. The summed E-state index contributed by atoms with van der Waals surface area (Å²) in [6.45, 7) is 26.1.